The molecule has 0 radical (unpaired) electrons. The van der Waals surface area contributed by atoms with Gasteiger partial charge in [0.2, 0.25) is 0 Å². The van der Waals surface area contributed by atoms with Crippen LogP contribution in [0.25, 0.3) is 0 Å². The number of carboxylic acid groups (broad SMARTS) is 1. The number of benzene rings is 2. The Morgan fingerprint density at radius 1 is 1.09 bits per heavy atom. The summed E-state index contributed by atoms with van der Waals surface area (Å²) < 4.78 is 0. The van der Waals surface area contributed by atoms with Crippen LogP contribution in [-0.4, -0.2) is 46.5 Å². The van der Waals surface area contributed by atoms with Crippen molar-refractivity contribution in [2.45, 2.75) is 76.7 Å². The van der Waals surface area contributed by atoms with Gasteiger partial charge in [0.25, 0.3) is 0 Å². The SMILES string of the molecule is CC(C)(Cc1cccc(C(=O)O)c1)NC[C@H](CC(C)(C)[Si](C)(C)O)c1ccc(O)c(CO)c1. The van der Waals surface area contributed by atoms with Gasteiger partial charge in [-0.25, -0.2) is 4.79 Å². The maximum Gasteiger partial charge on any atom is 0.335 e. The zero-order chi connectivity index (χ0) is 25.0. The Morgan fingerprint density at radius 2 is 1.76 bits per heavy atom. The predicted octanol–water partition coefficient (Wildman–Crippen LogP) is 4.64. The summed E-state index contributed by atoms with van der Waals surface area (Å²) in [7, 11) is -2.45. The molecule has 2 aromatic rings. The first-order valence-corrected chi connectivity index (χ1v) is 14.3. The van der Waals surface area contributed by atoms with Crippen molar-refractivity contribution < 1.29 is 24.9 Å². The number of carboxylic acids is 1. The maximum atomic E-state index is 11.3. The predicted molar refractivity (Wildman–Crippen MR) is 134 cm³/mol. The number of carbonyl (C=O) groups is 1. The first-order chi connectivity index (χ1) is 15.1. The molecular formula is C26H39NO5Si. The number of rotatable bonds is 11. The lowest BCUT2D eigenvalue weighted by Crippen LogP contribution is -2.45. The van der Waals surface area contributed by atoms with Gasteiger partial charge in [-0.05, 0) is 86.1 Å². The number of nitrogens with one attached hydrogen (secondary N) is 1. The highest BCUT2D eigenvalue weighted by atomic mass is 28.4. The third-order valence-electron chi connectivity index (χ3n) is 6.81. The van der Waals surface area contributed by atoms with Gasteiger partial charge in [-0.1, -0.05) is 32.0 Å². The molecule has 2 aromatic carbocycles. The summed E-state index contributed by atoms with van der Waals surface area (Å²) in [6, 6.07) is 12.3. The smallest absolute Gasteiger partial charge is 0.335 e. The van der Waals surface area contributed by atoms with Gasteiger partial charge in [0.05, 0.1) is 12.2 Å². The van der Waals surface area contributed by atoms with E-state index in [-0.39, 0.29) is 34.4 Å². The lowest BCUT2D eigenvalue weighted by molar-refractivity contribution is 0.0696. The molecule has 0 aliphatic carbocycles. The fraction of sp³-hybridized carbons (Fsp3) is 0.500. The van der Waals surface area contributed by atoms with E-state index in [0.717, 1.165) is 17.5 Å². The highest BCUT2D eigenvalue weighted by Gasteiger charge is 2.40. The summed E-state index contributed by atoms with van der Waals surface area (Å²) in [5.41, 5.74) is 2.40. The average molecular weight is 474 g/mol. The topological polar surface area (TPSA) is 110 Å². The average Bonchev–Trinajstić information content (AvgIpc) is 2.70. The van der Waals surface area contributed by atoms with Crippen LogP contribution in [0.15, 0.2) is 42.5 Å². The molecule has 0 spiro atoms. The van der Waals surface area contributed by atoms with Crippen molar-refractivity contribution in [1.82, 2.24) is 5.32 Å². The summed E-state index contributed by atoms with van der Waals surface area (Å²) >= 11 is 0. The second-order valence-corrected chi connectivity index (χ2v) is 15.3. The molecule has 0 aliphatic rings. The molecule has 5 N–H and O–H groups in total. The molecule has 0 bridgehead atoms. The molecule has 0 fully saturated rings. The molecule has 0 amide bonds. The van der Waals surface area contributed by atoms with E-state index in [0.29, 0.717) is 18.5 Å². The number of aromatic carboxylic acids is 1. The Labute approximate surface area is 198 Å². The fourth-order valence-corrected chi connectivity index (χ4v) is 4.69. The van der Waals surface area contributed by atoms with Crippen LogP contribution in [0.2, 0.25) is 18.1 Å². The van der Waals surface area contributed by atoms with Crippen molar-refractivity contribution >= 4 is 14.3 Å². The minimum atomic E-state index is -2.45. The quantitative estimate of drug-likeness (QED) is 0.304. The summed E-state index contributed by atoms with van der Waals surface area (Å²) in [6.07, 6.45) is 1.40. The zero-order valence-corrected chi connectivity index (χ0v) is 21.6. The largest absolute Gasteiger partial charge is 0.508 e. The summed E-state index contributed by atoms with van der Waals surface area (Å²) in [4.78, 5) is 22.2. The summed E-state index contributed by atoms with van der Waals surface area (Å²) in [6.45, 7) is 12.7. The van der Waals surface area contributed by atoms with E-state index in [1.165, 1.54) is 0 Å². The van der Waals surface area contributed by atoms with Gasteiger partial charge >= 0.3 is 5.97 Å². The lowest BCUT2D eigenvalue weighted by Gasteiger charge is -2.39. The highest BCUT2D eigenvalue weighted by Crippen LogP contribution is 2.44. The standard InChI is InChI=1S/C26H39NO5Si/c1-25(2,14-18-8-7-9-20(12-18)24(30)31)27-16-22(15-26(3,4)33(5,6)32)19-10-11-23(29)21(13-19)17-28/h7-13,22,27-29,32H,14-17H2,1-6H3,(H,30,31)/t22-/m0/s1. The van der Waals surface area contributed by atoms with Crippen molar-refractivity contribution in [2.24, 2.45) is 0 Å². The first-order valence-electron chi connectivity index (χ1n) is 11.4. The van der Waals surface area contributed by atoms with E-state index in [4.69, 9.17) is 0 Å². The molecule has 0 aliphatic heterocycles. The molecule has 0 saturated carbocycles. The molecule has 33 heavy (non-hydrogen) atoms. The van der Waals surface area contributed by atoms with Crippen LogP contribution in [-0.2, 0) is 13.0 Å². The minimum Gasteiger partial charge on any atom is -0.508 e. The van der Waals surface area contributed by atoms with Crippen molar-refractivity contribution in [3.63, 3.8) is 0 Å². The van der Waals surface area contributed by atoms with Crippen LogP contribution in [0.3, 0.4) is 0 Å². The van der Waals surface area contributed by atoms with E-state index in [1.54, 1.807) is 24.3 Å². The van der Waals surface area contributed by atoms with Gasteiger partial charge in [-0.3, -0.25) is 0 Å². The monoisotopic (exact) mass is 473 g/mol. The van der Waals surface area contributed by atoms with Crippen molar-refractivity contribution in [3.05, 3.63) is 64.7 Å². The fourth-order valence-electron chi connectivity index (χ4n) is 3.95. The van der Waals surface area contributed by atoms with Gasteiger partial charge in [-0.15, -0.1) is 0 Å². The molecule has 0 aromatic heterocycles. The van der Waals surface area contributed by atoms with Gasteiger partial charge in [0, 0.05) is 17.6 Å². The van der Waals surface area contributed by atoms with Crippen molar-refractivity contribution in [3.8, 4) is 5.75 Å². The molecule has 0 unspecified atom stereocenters. The second kappa shape index (κ2) is 10.4. The molecule has 7 heteroatoms. The van der Waals surface area contributed by atoms with Gasteiger partial charge in [-0.2, -0.15) is 0 Å². The number of hydrogen-bond donors (Lipinski definition) is 5. The molecule has 0 saturated heterocycles. The lowest BCUT2D eigenvalue weighted by atomic mass is 9.87. The van der Waals surface area contributed by atoms with Crippen LogP contribution >= 0.6 is 0 Å². The van der Waals surface area contributed by atoms with Gasteiger partial charge < -0.3 is 25.4 Å². The number of hydrogen-bond acceptors (Lipinski definition) is 5. The van der Waals surface area contributed by atoms with Crippen LogP contribution in [0, 0.1) is 0 Å². The minimum absolute atomic E-state index is 0.0504. The van der Waals surface area contributed by atoms with Crippen molar-refractivity contribution in [2.75, 3.05) is 6.54 Å². The van der Waals surface area contributed by atoms with Crippen LogP contribution < -0.4 is 5.32 Å². The molecule has 1 atom stereocenters. The molecule has 182 valence electrons. The molecule has 6 nitrogen and oxygen atoms in total. The van der Waals surface area contributed by atoms with Crippen LogP contribution in [0.1, 0.15) is 67.1 Å². The third-order valence-corrected chi connectivity index (χ3v) is 10.3. The molecular weight excluding hydrogens is 434 g/mol. The Kier molecular flexibility index (Phi) is 8.51. The van der Waals surface area contributed by atoms with Crippen LogP contribution in [0.5, 0.6) is 5.75 Å². The third kappa shape index (κ3) is 7.40. The van der Waals surface area contributed by atoms with E-state index in [1.807, 2.05) is 31.3 Å². The number of aromatic hydroxyl groups is 1. The number of aliphatic hydroxyl groups is 1. The van der Waals surface area contributed by atoms with E-state index >= 15 is 0 Å². The maximum absolute atomic E-state index is 11.3. The Balaban J connectivity index is 2.26. The Bertz CT molecular complexity index is 965. The summed E-state index contributed by atoms with van der Waals surface area (Å²) in [5.74, 6) is -0.815. The molecule has 2 rings (SSSR count). The van der Waals surface area contributed by atoms with Crippen molar-refractivity contribution in [1.29, 1.82) is 0 Å². The zero-order valence-electron chi connectivity index (χ0n) is 20.6. The Morgan fingerprint density at radius 3 is 2.33 bits per heavy atom. The second-order valence-electron chi connectivity index (χ2n) is 10.8. The van der Waals surface area contributed by atoms with Crippen LogP contribution in [0.4, 0.5) is 0 Å². The first kappa shape index (κ1) is 27.1. The number of phenols is 1. The van der Waals surface area contributed by atoms with E-state index < -0.39 is 14.3 Å². The summed E-state index contributed by atoms with van der Waals surface area (Å²) in [5, 5.41) is 32.3. The highest BCUT2D eigenvalue weighted by molar-refractivity contribution is 6.72. The van der Waals surface area contributed by atoms with E-state index in [9.17, 15) is 24.9 Å². The molecule has 0 heterocycles. The van der Waals surface area contributed by atoms with Gasteiger partial charge in [0.15, 0.2) is 8.32 Å². The number of aliphatic hydroxyl groups excluding tert-OH is 1. The normalized spacial score (nSPS) is 13.7. The van der Waals surface area contributed by atoms with Gasteiger partial charge in [0.1, 0.15) is 5.75 Å². The Hall–Kier alpha value is -2.19. The van der Waals surface area contributed by atoms with E-state index in [2.05, 4.69) is 33.0 Å².